The van der Waals surface area contributed by atoms with Crippen LogP contribution in [-0.4, -0.2) is 35.1 Å². The summed E-state index contributed by atoms with van der Waals surface area (Å²) in [6.45, 7) is 2.73. The van der Waals surface area contributed by atoms with Crippen molar-refractivity contribution in [3.05, 3.63) is 11.7 Å². The van der Waals surface area contributed by atoms with Gasteiger partial charge in [0, 0.05) is 20.1 Å². The highest BCUT2D eigenvalue weighted by atomic mass is 16.5. The van der Waals surface area contributed by atoms with Crippen molar-refractivity contribution in [2.45, 2.75) is 45.1 Å². The minimum Gasteiger partial charge on any atom is -0.393 e. The van der Waals surface area contributed by atoms with Crippen LogP contribution in [0.4, 0.5) is 0 Å². The molecule has 1 aromatic heterocycles. The Balaban J connectivity index is 2.33. The zero-order valence-electron chi connectivity index (χ0n) is 9.98. The fourth-order valence-corrected chi connectivity index (χ4v) is 1.49. The predicted molar refractivity (Wildman–Crippen MR) is 59.1 cm³/mol. The van der Waals surface area contributed by atoms with Gasteiger partial charge < -0.3 is 14.4 Å². The molecule has 0 saturated carbocycles. The molecule has 0 aliphatic heterocycles. The van der Waals surface area contributed by atoms with Gasteiger partial charge in [0.05, 0.1) is 12.5 Å². The number of hydrogen-bond acceptors (Lipinski definition) is 5. The molecule has 1 atom stereocenters. The Hall–Kier alpha value is -0.940. The second-order valence-corrected chi connectivity index (χ2v) is 3.85. The minimum absolute atomic E-state index is 0.378. The van der Waals surface area contributed by atoms with Crippen LogP contribution < -0.4 is 0 Å². The van der Waals surface area contributed by atoms with Crippen molar-refractivity contribution in [1.29, 1.82) is 0 Å². The van der Waals surface area contributed by atoms with Crippen LogP contribution in [0.2, 0.25) is 0 Å². The van der Waals surface area contributed by atoms with E-state index in [2.05, 4.69) is 10.1 Å². The largest absolute Gasteiger partial charge is 0.393 e. The summed E-state index contributed by atoms with van der Waals surface area (Å²) in [7, 11) is 1.67. The van der Waals surface area contributed by atoms with E-state index in [0.29, 0.717) is 24.7 Å². The van der Waals surface area contributed by atoms with Gasteiger partial charge in [-0.2, -0.15) is 4.98 Å². The Morgan fingerprint density at radius 1 is 1.50 bits per heavy atom. The zero-order chi connectivity index (χ0) is 11.8. The van der Waals surface area contributed by atoms with Gasteiger partial charge >= 0.3 is 0 Å². The lowest BCUT2D eigenvalue weighted by molar-refractivity contribution is 0.151. The highest BCUT2D eigenvalue weighted by Gasteiger charge is 2.11. The molecule has 1 unspecified atom stereocenters. The molecular formula is C11H20N2O3. The summed E-state index contributed by atoms with van der Waals surface area (Å²) in [5, 5.41) is 13.4. The third-order valence-corrected chi connectivity index (χ3v) is 2.29. The van der Waals surface area contributed by atoms with Gasteiger partial charge in [-0.25, -0.2) is 0 Å². The molecule has 0 aromatic carbocycles. The number of aryl methyl sites for hydroxylation is 1. The summed E-state index contributed by atoms with van der Waals surface area (Å²) >= 11 is 0. The zero-order valence-corrected chi connectivity index (χ0v) is 9.98. The predicted octanol–water partition coefficient (Wildman–Crippen LogP) is 1.35. The molecule has 1 N–H and O–H groups in total. The molecule has 0 bridgehead atoms. The summed E-state index contributed by atoms with van der Waals surface area (Å²) < 4.78 is 9.99. The summed E-state index contributed by atoms with van der Waals surface area (Å²) in [6, 6.07) is 0. The summed E-state index contributed by atoms with van der Waals surface area (Å²) in [6.07, 6.45) is 3.42. The molecule has 0 aliphatic carbocycles. The monoisotopic (exact) mass is 228 g/mol. The molecule has 1 aromatic rings. The quantitative estimate of drug-likeness (QED) is 0.680. The summed E-state index contributed by atoms with van der Waals surface area (Å²) in [5.74, 6) is 1.21. The number of aliphatic hydroxyl groups excluding tert-OH is 1. The molecule has 16 heavy (non-hydrogen) atoms. The van der Waals surface area contributed by atoms with Gasteiger partial charge in [0.2, 0.25) is 5.89 Å². The average molecular weight is 228 g/mol. The van der Waals surface area contributed by atoms with E-state index in [4.69, 9.17) is 9.26 Å². The Bertz CT molecular complexity index is 289. The number of rotatable bonds is 8. The van der Waals surface area contributed by atoms with Crippen LogP contribution in [0.15, 0.2) is 4.52 Å². The molecule has 0 radical (unpaired) electrons. The maximum atomic E-state index is 9.58. The number of methoxy groups -OCH3 is 1. The Morgan fingerprint density at radius 2 is 2.31 bits per heavy atom. The van der Waals surface area contributed by atoms with Crippen molar-refractivity contribution in [2.75, 3.05) is 13.7 Å². The minimum atomic E-state index is -0.378. The van der Waals surface area contributed by atoms with Crippen LogP contribution in [0, 0.1) is 0 Å². The van der Waals surface area contributed by atoms with Crippen molar-refractivity contribution < 1.29 is 14.4 Å². The van der Waals surface area contributed by atoms with Crippen molar-refractivity contribution in [3.8, 4) is 0 Å². The van der Waals surface area contributed by atoms with Crippen molar-refractivity contribution >= 4 is 0 Å². The smallest absolute Gasteiger partial charge is 0.229 e. The number of nitrogens with zero attached hydrogens (tertiary/aromatic N) is 2. The molecule has 5 heteroatoms. The highest BCUT2D eigenvalue weighted by molar-refractivity contribution is 4.88. The van der Waals surface area contributed by atoms with E-state index < -0.39 is 0 Å². The van der Waals surface area contributed by atoms with E-state index >= 15 is 0 Å². The highest BCUT2D eigenvalue weighted by Crippen LogP contribution is 2.06. The maximum absolute atomic E-state index is 9.58. The van der Waals surface area contributed by atoms with Crippen molar-refractivity contribution in [3.63, 3.8) is 0 Å². The lowest BCUT2D eigenvalue weighted by atomic mass is 10.1. The fourth-order valence-electron chi connectivity index (χ4n) is 1.49. The van der Waals surface area contributed by atoms with E-state index in [0.717, 1.165) is 25.7 Å². The Kier molecular flexibility index (Phi) is 6.03. The first-order valence-electron chi connectivity index (χ1n) is 5.74. The molecule has 0 aliphatic rings. The second-order valence-electron chi connectivity index (χ2n) is 3.85. The first kappa shape index (κ1) is 13.1. The number of aromatic nitrogens is 2. The number of hydrogen-bond donors (Lipinski definition) is 1. The fraction of sp³-hybridized carbons (Fsp3) is 0.818. The van der Waals surface area contributed by atoms with Gasteiger partial charge in [-0.15, -0.1) is 0 Å². The van der Waals surface area contributed by atoms with Crippen LogP contribution in [0.1, 0.15) is 37.9 Å². The van der Waals surface area contributed by atoms with Gasteiger partial charge in [0.15, 0.2) is 5.82 Å². The molecule has 0 saturated heterocycles. The van der Waals surface area contributed by atoms with E-state index in [1.54, 1.807) is 7.11 Å². The van der Waals surface area contributed by atoms with Crippen LogP contribution >= 0.6 is 0 Å². The van der Waals surface area contributed by atoms with Gasteiger partial charge in [0.1, 0.15) is 0 Å². The van der Waals surface area contributed by atoms with Gasteiger partial charge in [-0.3, -0.25) is 0 Å². The molecule has 0 fully saturated rings. The van der Waals surface area contributed by atoms with Crippen molar-refractivity contribution in [1.82, 2.24) is 10.1 Å². The van der Waals surface area contributed by atoms with Crippen LogP contribution in [0.25, 0.3) is 0 Å². The number of ether oxygens (including phenoxy) is 1. The Labute approximate surface area is 95.8 Å². The molecule has 5 nitrogen and oxygen atoms in total. The lowest BCUT2D eigenvalue weighted by Gasteiger charge is -2.03. The molecule has 92 valence electrons. The summed E-state index contributed by atoms with van der Waals surface area (Å²) in [5.41, 5.74) is 0. The van der Waals surface area contributed by atoms with E-state index in [1.165, 1.54) is 0 Å². The molecule has 0 amide bonds. The van der Waals surface area contributed by atoms with E-state index in [9.17, 15) is 5.11 Å². The first-order valence-corrected chi connectivity index (χ1v) is 5.74. The number of aliphatic hydroxyl groups is 1. The third-order valence-electron chi connectivity index (χ3n) is 2.29. The molecule has 1 rings (SSSR count). The van der Waals surface area contributed by atoms with Gasteiger partial charge in [-0.1, -0.05) is 18.5 Å². The normalized spacial score (nSPS) is 12.9. The molecular weight excluding hydrogens is 208 g/mol. The SMILES string of the molecule is CCCC(O)Cc1nc(CCCOC)no1. The average Bonchev–Trinajstić information content (AvgIpc) is 2.66. The van der Waals surface area contributed by atoms with Gasteiger partial charge in [-0.05, 0) is 12.8 Å². The van der Waals surface area contributed by atoms with E-state index in [-0.39, 0.29) is 6.10 Å². The van der Waals surface area contributed by atoms with Crippen LogP contribution in [0.5, 0.6) is 0 Å². The van der Waals surface area contributed by atoms with Crippen LogP contribution in [-0.2, 0) is 17.6 Å². The maximum Gasteiger partial charge on any atom is 0.229 e. The molecule has 0 spiro atoms. The second kappa shape index (κ2) is 7.35. The lowest BCUT2D eigenvalue weighted by Crippen LogP contribution is -2.09. The van der Waals surface area contributed by atoms with Crippen molar-refractivity contribution in [2.24, 2.45) is 0 Å². The summed E-state index contributed by atoms with van der Waals surface area (Å²) in [4.78, 5) is 4.21. The molecule has 1 heterocycles. The van der Waals surface area contributed by atoms with E-state index in [1.807, 2.05) is 6.92 Å². The Morgan fingerprint density at radius 3 is 3.00 bits per heavy atom. The van der Waals surface area contributed by atoms with Gasteiger partial charge in [0.25, 0.3) is 0 Å². The first-order chi connectivity index (χ1) is 7.76. The van der Waals surface area contributed by atoms with Crippen LogP contribution in [0.3, 0.4) is 0 Å². The standard InChI is InChI=1S/C11H20N2O3/c1-3-5-9(14)8-11-12-10(13-16-11)6-4-7-15-2/h9,14H,3-8H2,1-2H3. The third kappa shape index (κ3) is 4.72. The topological polar surface area (TPSA) is 68.4 Å².